The lowest BCUT2D eigenvalue weighted by atomic mass is 10.4. The number of halogens is 1. The highest BCUT2D eigenvalue weighted by Crippen LogP contribution is 2.22. The van der Waals surface area contributed by atoms with Gasteiger partial charge in [0, 0.05) is 4.88 Å². The van der Waals surface area contributed by atoms with Gasteiger partial charge in [0.15, 0.2) is 6.10 Å². The van der Waals surface area contributed by atoms with Crippen LogP contribution in [0.2, 0.25) is 4.34 Å². The minimum atomic E-state index is -0.956. The van der Waals surface area contributed by atoms with E-state index in [4.69, 9.17) is 21.4 Å². The minimum Gasteiger partial charge on any atom is -0.479 e. The number of ether oxygens (including phenoxy) is 1. The van der Waals surface area contributed by atoms with Crippen LogP contribution in [-0.2, 0) is 16.1 Å². The third-order valence-electron chi connectivity index (χ3n) is 1.45. The largest absolute Gasteiger partial charge is 0.479 e. The molecule has 0 radical (unpaired) electrons. The summed E-state index contributed by atoms with van der Waals surface area (Å²) in [6.45, 7) is 1.79. The molecule has 0 aliphatic rings. The highest BCUT2D eigenvalue weighted by atomic mass is 35.5. The summed E-state index contributed by atoms with van der Waals surface area (Å²) in [6, 6.07) is 3.58. The van der Waals surface area contributed by atoms with Crippen LogP contribution < -0.4 is 0 Å². The molecule has 72 valence electrons. The van der Waals surface area contributed by atoms with Gasteiger partial charge in [-0.15, -0.1) is 11.3 Å². The van der Waals surface area contributed by atoms with E-state index in [1.807, 2.05) is 6.07 Å². The van der Waals surface area contributed by atoms with Gasteiger partial charge in [0.2, 0.25) is 0 Å². The van der Waals surface area contributed by atoms with E-state index >= 15 is 0 Å². The summed E-state index contributed by atoms with van der Waals surface area (Å²) in [5.74, 6) is -0.956. The van der Waals surface area contributed by atoms with E-state index in [-0.39, 0.29) is 0 Å². The maximum atomic E-state index is 10.4. The third-order valence-corrected chi connectivity index (χ3v) is 2.66. The molecular formula is C8H9ClO3S. The van der Waals surface area contributed by atoms with Crippen molar-refractivity contribution in [3.63, 3.8) is 0 Å². The van der Waals surface area contributed by atoms with Gasteiger partial charge in [-0.1, -0.05) is 11.6 Å². The van der Waals surface area contributed by atoms with Crippen molar-refractivity contribution in [3.8, 4) is 0 Å². The molecule has 0 aliphatic carbocycles. The Hall–Kier alpha value is -0.580. The lowest BCUT2D eigenvalue weighted by molar-refractivity contribution is -0.149. The van der Waals surface area contributed by atoms with Gasteiger partial charge in [-0.25, -0.2) is 4.79 Å². The van der Waals surface area contributed by atoms with Crippen molar-refractivity contribution in [3.05, 3.63) is 21.3 Å². The summed E-state index contributed by atoms with van der Waals surface area (Å²) in [5, 5.41) is 8.52. The molecule has 0 saturated carbocycles. The lowest BCUT2D eigenvalue weighted by Gasteiger charge is -2.05. The molecule has 0 aromatic carbocycles. The van der Waals surface area contributed by atoms with Crippen LogP contribution >= 0.6 is 22.9 Å². The van der Waals surface area contributed by atoms with Gasteiger partial charge in [0.25, 0.3) is 0 Å². The second-order valence-corrected chi connectivity index (χ2v) is 4.30. The van der Waals surface area contributed by atoms with Crippen molar-refractivity contribution >= 4 is 28.9 Å². The summed E-state index contributed by atoms with van der Waals surface area (Å²) in [5.41, 5.74) is 0. The fourth-order valence-corrected chi connectivity index (χ4v) is 1.72. The van der Waals surface area contributed by atoms with Crippen molar-refractivity contribution in [2.75, 3.05) is 0 Å². The molecule has 3 nitrogen and oxygen atoms in total. The number of carboxylic acid groups (broad SMARTS) is 1. The smallest absolute Gasteiger partial charge is 0.332 e. The van der Waals surface area contributed by atoms with Gasteiger partial charge in [0.1, 0.15) is 0 Å². The molecule has 1 heterocycles. The Bertz CT molecular complexity index is 297. The van der Waals surface area contributed by atoms with E-state index in [2.05, 4.69) is 0 Å². The number of hydrogen-bond acceptors (Lipinski definition) is 3. The molecule has 5 heteroatoms. The van der Waals surface area contributed by atoms with Crippen molar-refractivity contribution in [1.29, 1.82) is 0 Å². The molecule has 13 heavy (non-hydrogen) atoms. The first-order valence-electron chi connectivity index (χ1n) is 3.68. The van der Waals surface area contributed by atoms with Crippen molar-refractivity contribution in [1.82, 2.24) is 0 Å². The van der Waals surface area contributed by atoms with Gasteiger partial charge >= 0.3 is 5.97 Å². The topological polar surface area (TPSA) is 46.5 Å². The minimum absolute atomic E-state index is 0.296. The van der Waals surface area contributed by atoms with Crippen LogP contribution in [-0.4, -0.2) is 17.2 Å². The number of hydrogen-bond donors (Lipinski definition) is 1. The molecule has 0 bridgehead atoms. The average Bonchev–Trinajstić information content (AvgIpc) is 2.47. The Kier molecular flexibility index (Phi) is 3.71. The molecule has 1 rings (SSSR count). The molecule has 0 amide bonds. The normalized spacial score (nSPS) is 12.8. The maximum Gasteiger partial charge on any atom is 0.332 e. The lowest BCUT2D eigenvalue weighted by Crippen LogP contribution is -2.19. The molecular weight excluding hydrogens is 212 g/mol. The summed E-state index contributed by atoms with van der Waals surface area (Å²) in [4.78, 5) is 11.3. The Morgan fingerprint density at radius 2 is 2.46 bits per heavy atom. The molecule has 0 spiro atoms. The molecule has 1 aromatic heterocycles. The van der Waals surface area contributed by atoms with Gasteiger partial charge < -0.3 is 9.84 Å². The van der Waals surface area contributed by atoms with Crippen LogP contribution in [0.15, 0.2) is 12.1 Å². The Balaban J connectivity index is 2.39. The van der Waals surface area contributed by atoms with Gasteiger partial charge in [-0.05, 0) is 19.1 Å². The van der Waals surface area contributed by atoms with Crippen LogP contribution in [0.3, 0.4) is 0 Å². The van der Waals surface area contributed by atoms with Gasteiger partial charge in [0.05, 0.1) is 10.9 Å². The highest BCUT2D eigenvalue weighted by Gasteiger charge is 2.11. The van der Waals surface area contributed by atoms with Crippen molar-refractivity contribution in [2.45, 2.75) is 19.6 Å². The zero-order valence-corrected chi connectivity index (χ0v) is 8.56. The maximum absolute atomic E-state index is 10.4. The molecule has 0 unspecified atom stereocenters. The number of carbonyl (C=O) groups is 1. The predicted molar refractivity (Wildman–Crippen MR) is 51.2 cm³/mol. The standard InChI is InChI=1S/C8H9ClO3S/c1-5(8(10)11)12-4-6-2-3-7(9)13-6/h2-3,5H,4H2,1H3,(H,10,11)/t5-/m0/s1. The molecule has 1 aromatic rings. The molecule has 0 fully saturated rings. The second kappa shape index (κ2) is 4.60. The average molecular weight is 221 g/mol. The Labute approximate surface area is 84.9 Å². The Morgan fingerprint density at radius 3 is 2.92 bits per heavy atom. The number of thiophene rings is 1. The summed E-state index contributed by atoms with van der Waals surface area (Å²) < 4.78 is 5.74. The van der Waals surface area contributed by atoms with E-state index in [9.17, 15) is 4.79 Å². The van der Waals surface area contributed by atoms with Crippen LogP contribution in [0.25, 0.3) is 0 Å². The first kappa shape index (κ1) is 10.5. The van der Waals surface area contributed by atoms with Gasteiger partial charge in [-0.2, -0.15) is 0 Å². The summed E-state index contributed by atoms with van der Waals surface area (Å²) in [7, 11) is 0. The number of rotatable bonds is 4. The molecule has 1 atom stereocenters. The first-order chi connectivity index (χ1) is 6.09. The summed E-state index contributed by atoms with van der Waals surface area (Å²) >= 11 is 7.07. The summed E-state index contributed by atoms with van der Waals surface area (Å²) in [6.07, 6.45) is -0.777. The van der Waals surface area contributed by atoms with E-state index in [1.165, 1.54) is 18.3 Å². The second-order valence-electron chi connectivity index (χ2n) is 2.50. The third kappa shape index (κ3) is 3.34. The zero-order chi connectivity index (χ0) is 9.84. The predicted octanol–water partition coefficient (Wildman–Crippen LogP) is 2.39. The fraction of sp³-hybridized carbons (Fsp3) is 0.375. The molecule has 1 N–H and O–H groups in total. The number of carboxylic acids is 1. The van der Waals surface area contributed by atoms with E-state index in [0.717, 1.165) is 4.88 Å². The van der Waals surface area contributed by atoms with Crippen LogP contribution in [0.5, 0.6) is 0 Å². The van der Waals surface area contributed by atoms with E-state index in [0.29, 0.717) is 10.9 Å². The van der Waals surface area contributed by atoms with Crippen LogP contribution in [0.4, 0.5) is 0 Å². The van der Waals surface area contributed by atoms with E-state index < -0.39 is 12.1 Å². The monoisotopic (exact) mass is 220 g/mol. The van der Waals surface area contributed by atoms with E-state index in [1.54, 1.807) is 6.07 Å². The zero-order valence-electron chi connectivity index (χ0n) is 6.99. The van der Waals surface area contributed by atoms with Crippen molar-refractivity contribution in [2.24, 2.45) is 0 Å². The highest BCUT2D eigenvalue weighted by molar-refractivity contribution is 7.16. The van der Waals surface area contributed by atoms with Crippen LogP contribution in [0.1, 0.15) is 11.8 Å². The fourth-order valence-electron chi connectivity index (χ4n) is 0.708. The Morgan fingerprint density at radius 1 is 1.77 bits per heavy atom. The first-order valence-corrected chi connectivity index (χ1v) is 4.87. The molecule has 0 aliphatic heterocycles. The van der Waals surface area contributed by atoms with Gasteiger partial charge in [-0.3, -0.25) is 0 Å². The number of aliphatic carboxylic acids is 1. The molecule has 0 saturated heterocycles. The quantitative estimate of drug-likeness (QED) is 0.848. The SMILES string of the molecule is C[C@H](OCc1ccc(Cl)s1)C(=O)O. The van der Waals surface area contributed by atoms with Crippen LogP contribution in [0, 0.1) is 0 Å². The van der Waals surface area contributed by atoms with Crippen molar-refractivity contribution < 1.29 is 14.6 Å².